The lowest BCUT2D eigenvalue weighted by molar-refractivity contribution is 0.00326. The van der Waals surface area contributed by atoms with Crippen LogP contribution in [-0.4, -0.2) is 59.7 Å². The molecule has 5 nitrogen and oxygen atoms in total. The number of fused-ring (bicyclic) bond motifs is 1. The third kappa shape index (κ3) is 3.32. The zero-order chi connectivity index (χ0) is 18.3. The fourth-order valence-corrected chi connectivity index (χ4v) is 5.91. The number of aryl methyl sites for hydroxylation is 1. The number of nitrogens with zero attached hydrogens (tertiary/aromatic N) is 1. The average Bonchev–Trinajstić information content (AvgIpc) is 3.32. The Morgan fingerprint density at radius 3 is 3.08 bits per heavy atom. The Hall–Kier alpha value is -0.980. The van der Waals surface area contributed by atoms with E-state index in [4.69, 9.17) is 9.15 Å². The lowest BCUT2D eigenvalue weighted by Gasteiger charge is -2.29. The molecular weight excluding hydrogens is 348 g/mol. The van der Waals surface area contributed by atoms with Crippen molar-refractivity contribution in [3.05, 3.63) is 23.7 Å². The van der Waals surface area contributed by atoms with E-state index >= 15 is 0 Å². The van der Waals surface area contributed by atoms with Crippen LogP contribution in [0.5, 0.6) is 0 Å². The maximum atomic E-state index is 12.4. The van der Waals surface area contributed by atoms with E-state index in [1.807, 2.05) is 18.7 Å². The molecule has 0 aliphatic carbocycles. The maximum Gasteiger partial charge on any atom is 0.254 e. The van der Waals surface area contributed by atoms with E-state index in [2.05, 4.69) is 24.1 Å². The maximum absolute atomic E-state index is 12.4. The van der Waals surface area contributed by atoms with E-state index in [0.29, 0.717) is 41.1 Å². The van der Waals surface area contributed by atoms with Gasteiger partial charge in [-0.25, -0.2) is 0 Å². The van der Waals surface area contributed by atoms with Crippen LogP contribution in [0.15, 0.2) is 16.7 Å². The number of hydrogen-bond acceptors (Lipinski definition) is 5. The zero-order valence-corrected chi connectivity index (χ0v) is 16.8. The third-order valence-electron chi connectivity index (χ3n) is 6.31. The van der Waals surface area contributed by atoms with Gasteiger partial charge in [0.15, 0.2) is 0 Å². The highest BCUT2D eigenvalue weighted by Crippen LogP contribution is 2.54. The molecule has 4 atom stereocenters. The Morgan fingerprint density at radius 2 is 2.35 bits per heavy atom. The van der Waals surface area contributed by atoms with Gasteiger partial charge in [-0.1, -0.05) is 13.8 Å². The smallest absolute Gasteiger partial charge is 0.254 e. The Morgan fingerprint density at radius 1 is 1.50 bits per heavy atom. The molecule has 6 heteroatoms. The Labute approximate surface area is 160 Å². The number of amides is 1. The first-order valence-corrected chi connectivity index (χ1v) is 10.9. The molecule has 3 fully saturated rings. The van der Waals surface area contributed by atoms with E-state index in [-0.39, 0.29) is 11.5 Å². The number of likely N-dealkylation sites (tertiary alicyclic amines) is 1. The highest BCUT2D eigenvalue weighted by Gasteiger charge is 2.62. The van der Waals surface area contributed by atoms with Crippen LogP contribution in [0.3, 0.4) is 0 Å². The van der Waals surface area contributed by atoms with Crippen molar-refractivity contribution in [2.24, 2.45) is 11.8 Å². The molecule has 3 aliphatic rings. The second-order valence-corrected chi connectivity index (χ2v) is 9.97. The Balaban J connectivity index is 1.35. The lowest BCUT2D eigenvalue weighted by atomic mass is 9.73. The van der Waals surface area contributed by atoms with Gasteiger partial charge >= 0.3 is 0 Å². The van der Waals surface area contributed by atoms with Crippen molar-refractivity contribution in [1.82, 2.24) is 10.2 Å². The monoisotopic (exact) mass is 378 g/mol. The van der Waals surface area contributed by atoms with E-state index < -0.39 is 0 Å². The van der Waals surface area contributed by atoms with Gasteiger partial charge in [0.25, 0.3) is 5.91 Å². The standard InChI is InChI=1S/C20H30N2O3S/c1-13(2)26-9-7-22-11-17-16(18-4-6-20(17,12-22)25-18)10-21-19(23)15-5-8-24-14(15)3/h5,8,13,16-18H,4,6-7,9-12H2,1-3H3,(H,21,23)/t16-,17+,18+,20+/m0/s1. The van der Waals surface area contributed by atoms with Crippen molar-refractivity contribution < 1.29 is 13.9 Å². The van der Waals surface area contributed by atoms with Crippen LogP contribution < -0.4 is 5.32 Å². The van der Waals surface area contributed by atoms with Gasteiger partial charge < -0.3 is 14.5 Å². The minimum absolute atomic E-state index is 0.0312. The van der Waals surface area contributed by atoms with Gasteiger partial charge in [-0.15, -0.1) is 0 Å². The van der Waals surface area contributed by atoms with Crippen molar-refractivity contribution in [1.29, 1.82) is 0 Å². The van der Waals surface area contributed by atoms with Gasteiger partial charge in [-0.05, 0) is 31.1 Å². The van der Waals surface area contributed by atoms with Crippen molar-refractivity contribution in [2.75, 3.05) is 31.9 Å². The summed E-state index contributed by atoms with van der Waals surface area (Å²) in [5, 5.41) is 3.82. The number of hydrogen-bond donors (Lipinski definition) is 1. The summed E-state index contributed by atoms with van der Waals surface area (Å²) < 4.78 is 11.7. The number of ether oxygens (including phenoxy) is 1. The summed E-state index contributed by atoms with van der Waals surface area (Å²) in [5.74, 6) is 2.82. The van der Waals surface area contributed by atoms with Crippen molar-refractivity contribution in [2.45, 2.75) is 50.6 Å². The van der Waals surface area contributed by atoms with Crippen molar-refractivity contribution in [3.8, 4) is 0 Å². The first-order valence-electron chi connectivity index (χ1n) is 9.82. The average molecular weight is 379 g/mol. The molecule has 1 aromatic heterocycles. The fraction of sp³-hybridized carbons (Fsp3) is 0.750. The predicted molar refractivity (Wildman–Crippen MR) is 104 cm³/mol. The molecule has 0 unspecified atom stereocenters. The fourth-order valence-electron chi connectivity index (χ4n) is 5.07. The molecule has 1 aromatic rings. The van der Waals surface area contributed by atoms with Crippen LogP contribution in [0.2, 0.25) is 0 Å². The number of carbonyl (C=O) groups excluding carboxylic acids is 1. The van der Waals surface area contributed by atoms with Gasteiger partial charge in [0.2, 0.25) is 0 Å². The van der Waals surface area contributed by atoms with Crippen LogP contribution in [0, 0.1) is 18.8 Å². The number of nitrogens with one attached hydrogen (secondary N) is 1. The Bertz CT molecular complexity index is 661. The minimum atomic E-state index is -0.0312. The van der Waals surface area contributed by atoms with Gasteiger partial charge in [-0.2, -0.15) is 11.8 Å². The van der Waals surface area contributed by atoms with Crippen molar-refractivity contribution >= 4 is 17.7 Å². The highest BCUT2D eigenvalue weighted by molar-refractivity contribution is 7.99. The number of carbonyl (C=O) groups is 1. The van der Waals surface area contributed by atoms with Gasteiger partial charge in [0.1, 0.15) is 5.76 Å². The molecule has 1 amide bonds. The van der Waals surface area contributed by atoms with Crippen molar-refractivity contribution in [3.63, 3.8) is 0 Å². The number of rotatable bonds is 7. The molecule has 2 bridgehead atoms. The van der Waals surface area contributed by atoms with E-state index in [9.17, 15) is 4.79 Å². The van der Waals surface area contributed by atoms with Gasteiger partial charge in [0, 0.05) is 43.8 Å². The number of thioether (sulfide) groups is 1. The number of furan rings is 1. The highest BCUT2D eigenvalue weighted by atomic mass is 32.2. The summed E-state index contributed by atoms with van der Waals surface area (Å²) in [6.45, 7) is 10.4. The lowest BCUT2D eigenvalue weighted by Crippen LogP contribution is -2.41. The summed E-state index contributed by atoms with van der Waals surface area (Å²) in [6.07, 6.45) is 4.21. The van der Waals surface area contributed by atoms with E-state index in [1.54, 1.807) is 12.3 Å². The second-order valence-electron chi connectivity index (χ2n) is 8.29. The molecule has 0 saturated carbocycles. The summed E-state index contributed by atoms with van der Waals surface area (Å²) >= 11 is 2.03. The van der Waals surface area contributed by atoms with Gasteiger partial charge in [0.05, 0.1) is 23.5 Å². The topological polar surface area (TPSA) is 54.7 Å². The molecule has 26 heavy (non-hydrogen) atoms. The summed E-state index contributed by atoms with van der Waals surface area (Å²) in [4.78, 5) is 15.0. The van der Waals surface area contributed by atoms with Crippen LogP contribution >= 0.6 is 11.8 Å². The van der Waals surface area contributed by atoms with Crippen LogP contribution in [-0.2, 0) is 4.74 Å². The molecule has 4 rings (SSSR count). The minimum Gasteiger partial charge on any atom is -0.469 e. The first-order chi connectivity index (χ1) is 12.5. The summed E-state index contributed by atoms with van der Waals surface area (Å²) in [6, 6.07) is 1.74. The molecule has 3 saturated heterocycles. The van der Waals surface area contributed by atoms with Crippen LogP contribution in [0.4, 0.5) is 0 Å². The molecule has 4 heterocycles. The molecule has 1 spiro atoms. The SMILES string of the molecule is Cc1occc1C(=O)NC[C@H]1[C@H]2CN(CCSC(C)C)C[C@]23CC[C@H]1O3. The molecular formula is C20H30N2O3S. The molecule has 3 aliphatic heterocycles. The quantitative estimate of drug-likeness (QED) is 0.791. The van der Waals surface area contributed by atoms with E-state index in [0.717, 1.165) is 26.1 Å². The first kappa shape index (κ1) is 18.4. The molecule has 144 valence electrons. The van der Waals surface area contributed by atoms with Crippen LogP contribution in [0.25, 0.3) is 0 Å². The van der Waals surface area contributed by atoms with Crippen LogP contribution in [0.1, 0.15) is 42.8 Å². The second kappa shape index (κ2) is 7.21. The largest absolute Gasteiger partial charge is 0.469 e. The molecule has 0 radical (unpaired) electrons. The predicted octanol–water partition coefficient (Wildman–Crippen LogP) is 2.94. The molecule has 0 aromatic carbocycles. The normalized spacial score (nSPS) is 33.2. The Kier molecular flexibility index (Phi) is 5.10. The zero-order valence-electron chi connectivity index (χ0n) is 16.0. The molecule has 1 N–H and O–H groups in total. The third-order valence-corrected chi connectivity index (χ3v) is 7.40. The van der Waals surface area contributed by atoms with Gasteiger partial charge in [-0.3, -0.25) is 9.69 Å². The summed E-state index contributed by atoms with van der Waals surface area (Å²) in [7, 11) is 0. The van der Waals surface area contributed by atoms with E-state index in [1.165, 1.54) is 12.2 Å². The summed E-state index contributed by atoms with van der Waals surface area (Å²) in [5.41, 5.74) is 0.691.